The molecular formula is C11H11F3O2S. The maximum absolute atomic E-state index is 11.9. The summed E-state index contributed by atoms with van der Waals surface area (Å²) in [5.74, 6) is -0.555. The zero-order valence-electron chi connectivity index (χ0n) is 9.08. The summed E-state index contributed by atoms with van der Waals surface area (Å²) in [5, 5.41) is 0. The fourth-order valence-corrected chi connectivity index (χ4v) is 1.60. The molecule has 0 radical (unpaired) electrons. The minimum Gasteiger partial charge on any atom is -0.494 e. The Hall–Kier alpha value is -1.17. The van der Waals surface area contributed by atoms with E-state index in [1.165, 1.54) is 12.1 Å². The highest BCUT2D eigenvalue weighted by Crippen LogP contribution is 2.30. The Morgan fingerprint density at radius 2 is 1.88 bits per heavy atom. The van der Waals surface area contributed by atoms with Gasteiger partial charge in [-0.3, -0.25) is 4.79 Å². The molecule has 1 aromatic carbocycles. The summed E-state index contributed by atoms with van der Waals surface area (Å²) in [6.07, 6.45) is 0. The van der Waals surface area contributed by atoms with E-state index in [1.54, 1.807) is 12.1 Å². The van der Waals surface area contributed by atoms with Crippen LogP contribution in [0.3, 0.4) is 0 Å². The van der Waals surface area contributed by atoms with Crippen LogP contribution in [0.2, 0.25) is 0 Å². The lowest BCUT2D eigenvalue weighted by Gasteiger charge is -2.06. The standard InChI is InChI=1S/C11H11F3O2S/c1-2-16-9-5-3-8(4-6-9)10(15)7-17-11(12,13)14/h3-6H,2,7H2,1H3. The van der Waals surface area contributed by atoms with Gasteiger partial charge in [0.25, 0.3) is 0 Å². The number of halogens is 3. The second kappa shape index (κ2) is 5.95. The molecule has 0 aliphatic carbocycles. The number of carbonyl (C=O) groups is 1. The van der Waals surface area contributed by atoms with E-state index in [0.717, 1.165) is 0 Å². The van der Waals surface area contributed by atoms with Crippen LogP contribution in [0, 0.1) is 0 Å². The van der Waals surface area contributed by atoms with E-state index in [-0.39, 0.29) is 17.3 Å². The molecule has 0 bridgehead atoms. The molecule has 0 saturated heterocycles. The van der Waals surface area contributed by atoms with Crippen LogP contribution in [0.4, 0.5) is 13.2 Å². The van der Waals surface area contributed by atoms with Gasteiger partial charge in [-0.2, -0.15) is 13.2 Å². The zero-order chi connectivity index (χ0) is 12.9. The average Bonchev–Trinajstić information content (AvgIpc) is 2.26. The van der Waals surface area contributed by atoms with E-state index in [2.05, 4.69) is 0 Å². The van der Waals surface area contributed by atoms with Crippen molar-refractivity contribution in [1.29, 1.82) is 0 Å². The van der Waals surface area contributed by atoms with Crippen molar-refractivity contribution in [3.05, 3.63) is 29.8 Å². The van der Waals surface area contributed by atoms with E-state index in [4.69, 9.17) is 4.74 Å². The van der Waals surface area contributed by atoms with Crippen LogP contribution in [-0.4, -0.2) is 23.7 Å². The number of hydrogen-bond donors (Lipinski definition) is 0. The molecule has 94 valence electrons. The van der Waals surface area contributed by atoms with Crippen LogP contribution in [0.5, 0.6) is 5.75 Å². The summed E-state index contributed by atoms with van der Waals surface area (Å²) >= 11 is -0.330. The number of hydrogen-bond acceptors (Lipinski definition) is 3. The fourth-order valence-electron chi connectivity index (χ4n) is 1.13. The molecule has 0 spiro atoms. The van der Waals surface area contributed by atoms with Gasteiger partial charge in [-0.25, -0.2) is 0 Å². The van der Waals surface area contributed by atoms with Crippen LogP contribution in [0.25, 0.3) is 0 Å². The van der Waals surface area contributed by atoms with Crippen LogP contribution < -0.4 is 4.74 Å². The summed E-state index contributed by atoms with van der Waals surface area (Å²) in [6, 6.07) is 6.05. The lowest BCUT2D eigenvalue weighted by Crippen LogP contribution is -2.09. The van der Waals surface area contributed by atoms with Gasteiger partial charge in [-0.15, -0.1) is 0 Å². The molecule has 0 atom stereocenters. The molecule has 0 N–H and O–H groups in total. The van der Waals surface area contributed by atoms with Crippen molar-refractivity contribution < 1.29 is 22.7 Å². The summed E-state index contributed by atoms with van der Waals surface area (Å²) in [4.78, 5) is 11.4. The Kier molecular flexibility index (Phi) is 4.86. The molecule has 2 nitrogen and oxygen atoms in total. The topological polar surface area (TPSA) is 26.3 Å². The monoisotopic (exact) mass is 264 g/mol. The Morgan fingerprint density at radius 3 is 2.35 bits per heavy atom. The molecule has 17 heavy (non-hydrogen) atoms. The van der Waals surface area contributed by atoms with Crippen LogP contribution in [0.15, 0.2) is 24.3 Å². The minimum absolute atomic E-state index is 0.255. The van der Waals surface area contributed by atoms with Crippen LogP contribution in [-0.2, 0) is 0 Å². The summed E-state index contributed by atoms with van der Waals surface area (Å²) in [7, 11) is 0. The third-order valence-electron chi connectivity index (χ3n) is 1.85. The Morgan fingerprint density at radius 1 is 1.29 bits per heavy atom. The maximum atomic E-state index is 11.9. The third-order valence-corrected chi connectivity index (χ3v) is 2.59. The molecular weight excluding hydrogens is 253 g/mol. The quantitative estimate of drug-likeness (QED) is 0.761. The van der Waals surface area contributed by atoms with Gasteiger partial charge in [0, 0.05) is 5.56 Å². The largest absolute Gasteiger partial charge is 0.494 e. The second-order valence-electron chi connectivity index (χ2n) is 3.11. The first-order valence-corrected chi connectivity index (χ1v) is 5.87. The highest BCUT2D eigenvalue weighted by atomic mass is 32.2. The fraction of sp³-hybridized carbons (Fsp3) is 0.364. The molecule has 1 aromatic rings. The first kappa shape index (κ1) is 13.9. The lowest BCUT2D eigenvalue weighted by atomic mass is 10.1. The molecule has 1 rings (SSSR count). The van der Waals surface area contributed by atoms with E-state index in [0.29, 0.717) is 12.4 Å². The molecule has 0 saturated carbocycles. The van der Waals surface area contributed by atoms with Gasteiger partial charge in [-0.1, -0.05) is 0 Å². The van der Waals surface area contributed by atoms with Gasteiger partial charge in [0.1, 0.15) is 5.75 Å². The predicted octanol–water partition coefficient (Wildman–Crippen LogP) is 3.52. The lowest BCUT2D eigenvalue weighted by molar-refractivity contribution is -0.0327. The normalized spacial score (nSPS) is 11.3. The van der Waals surface area contributed by atoms with E-state index >= 15 is 0 Å². The number of alkyl halides is 3. The van der Waals surface area contributed by atoms with Crippen molar-refractivity contribution in [2.75, 3.05) is 12.4 Å². The predicted molar refractivity (Wildman–Crippen MR) is 60.5 cm³/mol. The first-order valence-electron chi connectivity index (χ1n) is 4.89. The van der Waals surface area contributed by atoms with Gasteiger partial charge in [0.2, 0.25) is 0 Å². The Balaban J connectivity index is 2.57. The number of carbonyl (C=O) groups excluding carboxylic acids is 1. The van der Waals surface area contributed by atoms with Crippen LogP contribution >= 0.6 is 11.8 Å². The summed E-state index contributed by atoms with van der Waals surface area (Å²) in [5.41, 5.74) is -4.12. The van der Waals surface area contributed by atoms with Crippen molar-refractivity contribution in [3.63, 3.8) is 0 Å². The molecule has 6 heteroatoms. The van der Waals surface area contributed by atoms with Gasteiger partial charge in [0.05, 0.1) is 12.4 Å². The third kappa shape index (κ3) is 5.12. The van der Waals surface area contributed by atoms with Gasteiger partial charge < -0.3 is 4.74 Å². The molecule has 0 fully saturated rings. The van der Waals surface area contributed by atoms with Gasteiger partial charge >= 0.3 is 5.51 Å². The van der Waals surface area contributed by atoms with Crippen molar-refractivity contribution in [2.45, 2.75) is 12.4 Å². The Labute approximate surface area is 101 Å². The SMILES string of the molecule is CCOc1ccc(C(=O)CSC(F)(F)F)cc1. The molecule has 0 aromatic heterocycles. The van der Waals surface area contributed by atoms with Crippen molar-refractivity contribution >= 4 is 17.5 Å². The van der Waals surface area contributed by atoms with E-state index in [9.17, 15) is 18.0 Å². The van der Waals surface area contributed by atoms with Crippen molar-refractivity contribution in [2.24, 2.45) is 0 Å². The number of ketones is 1. The van der Waals surface area contributed by atoms with Gasteiger partial charge in [-0.05, 0) is 43.0 Å². The average molecular weight is 264 g/mol. The van der Waals surface area contributed by atoms with Crippen molar-refractivity contribution in [3.8, 4) is 5.75 Å². The molecule has 0 heterocycles. The molecule has 0 amide bonds. The van der Waals surface area contributed by atoms with Crippen LogP contribution in [0.1, 0.15) is 17.3 Å². The second-order valence-corrected chi connectivity index (χ2v) is 4.16. The molecule has 0 aliphatic heterocycles. The van der Waals surface area contributed by atoms with Gasteiger partial charge in [0.15, 0.2) is 5.78 Å². The number of rotatable bonds is 5. The highest BCUT2D eigenvalue weighted by molar-refractivity contribution is 8.00. The zero-order valence-corrected chi connectivity index (χ0v) is 9.90. The number of ether oxygens (including phenoxy) is 1. The molecule has 0 unspecified atom stereocenters. The number of benzene rings is 1. The van der Waals surface area contributed by atoms with E-state index in [1.807, 2.05) is 6.92 Å². The van der Waals surface area contributed by atoms with E-state index < -0.39 is 17.0 Å². The molecule has 0 aliphatic rings. The minimum atomic E-state index is -4.37. The summed E-state index contributed by atoms with van der Waals surface area (Å²) in [6.45, 7) is 2.32. The Bertz CT molecular complexity index is 373. The van der Waals surface area contributed by atoms with Crippen molar-refractivity contribution in [1.82, 2.24) is 0 Å². The summed E-state index contributed by atoms with van der Waals surface area (Å²) < 4.78 is 40.8. The number of Topliss-reactive ketones (excluding diaryl/α,β-unsaturated/α-hetero) is 1. The number of thioether (sulfide) groups is 1. The highest BCUT2D eigenvalue weighted by Gasteiger charge is 2.29. The smallest absolute Gasteiger partial charge is 0.442 e. The maximum Gasteiger partial charge on any atom is 0.442 e. The first-order chi connectivity index (χ1) is 7.92.